The van der Waals surface area contributed by atoms with E-state index in [0.717, 1.165) is 13.1 Å². The molecule has 1 fully saturated rings. The van der Waals surface area contributed by atoms with Crippen LogP contribution in [0.5, 0.6) is 0 Å². The first kappa shape index (κ1) is 13.6. The van der Waals surface area contributed by atoms with E-state index >= 15 is 0 Å². The molecule has 0 atom stereocenters. The lowest BCUT2D eigenvalue weighted by Gasteiger charge is -2.19. The van der Waals surface area contributed by atoms with Gasteiger partial charge < -0.3 is 10.2 Å². The fraction of sp³-hybridized carbons (Fsp3) is 0.467. The van der Waals surface area contributed by atoms with E-state index in [4.69, 9.17) is 5.26 Å². The minimum Gasteiger partial charge on any atom is -0.325 e. The lowest BCUT2D eigenvalue weighted by molar-refractivity contribution is -0.116. The van der Waals surface area contributed by atoms with Gasteiger partial charge in [0.05, 0.1) is 11.3 Å². The van der Waals surface area contributed by atoms with Crippen LogP contribution in [-0.4, -0.2) is 29.9 Å². The van der Waals surface area contributed by atoms with Crippen molar-refractivity contribution in [2.75, 3.05) is 18.4 Å². The summed E-state index contributed by atoms with van der Waals surface area (Å²) in [4.78, 5) is 14.2. The Kier molecular flexibility index (Phi) is 4.53. The van der Waals surface area contributed by atoms with Crippen LogP contribution in [0.2, 0.25) is 0 Å². The maximum Gasteiger partial charge on any atom is 0.225 e. The summed E-state index contributed by atoms with van der Waals surface area (Å²) in [5.41, 5.74) is 1.11. The van der Waals surface area contributed by atoms with Crippen molar-refractivity contribution in [3.05, 3.63) is 29.8 Å². The SMILES string of the molecule is CCN(CCC(=O)Nc1ccccc1C#N)C1CC1. The Morgan fingerprint density at radius 1 is 1.47 bits per heavy atom. The maximum atomic E-state index is 11.9. The predicted molar refractivity (Wildman–Crippen MR) is 74.7 cm³/mol. The van der Waals surface area contributed by atoms with E-state index in [1.54, 1.807) is 18.2 Å². The van der Waals surface area contributed by atoms with Crippen LogP contribution < -0.4 is 5.32 Å². The first-order chi connectivity index (χ1) is 9.24. The van der Waals surface area contributed by atoms with Crippen molar-refractivity contribution in [2.45, 2.75) is 32.2 Å². The molecule has 2 rings (SSSR count). The van der Waals surface area contributed by atoms with Crippen LogP contribution in [0, 0.1) is 11.3 Å². The second-order valence-electron chi connectivity index (χ2n) is 4.82. The maximum absolute atomic E-state index is 11.9. The smallest absolute Gasteiger partial charge is 0.225 e. The summed E-state index contributed by atoms with van der Waals surface area (Å²) in [6.45, 7) is 3.91. The molecule has 1 aromatic carbocycles. The molecule has 0 radical (unpaired) electrons. The summed E-state index contributed by atoms with van der Waals surface area (Å²) in [5.74, 6) is -0.0261. The predicted octanol–water partition coefficient (Wildman–Crippen LogP) is 2.37. The minimum absolute atomic E-state index is 0.0261. The summed E-state index contributed by atoms with van der Waals surface area (Å²) in [7, 11) is 0. The Labute approximate surface area is 114 Å². The van der Waals surface area contributed by atoms with E-state index in [1.165, 1.54) is 12.8 Å². The Balaban J connectivity index is 1.85. The number of amides is 1. The summed E-state index contributed by atoms with van der Waals surface area (Å²) in [5, 5.41) is 11.8. The van der Waals surface area contributed by atoms with Crippen LogP contribution in [0.1, 0.15) is 31.7 Å². The summed E-state index contributed by atoms with van der Waals surface area (Å²) >= 11 is 0. The van der Waals surface area contributed by atoms with Gasteiger partial charge in [-0.05, 0) is 31.5 Å². The average Bonchev–Trinajstić information content (AvgIpc) is 3.25. The van der Waals surface area contributed by atoms with Crippen molar-refractivity contribution >= 4 is 11.6 Å². The quantitative estimate of drug-likeness (QED) is 0.851. The molecule has 1 aromatic rings. The van der Waals surface area contributed by atoms with Gasteiger partial charge in [-0.3, -0.25) is 4.79 Å². The van der Waals surface area contributed by atoms with Gasteiger partial charge in [0.15, 0.2) is 0 Å². The lowest BCUT2D eigenvalue weighted by atomic mass is 10.2. The Morgan fingerprint density at radius 2 is 2.21 bits per heavy atom. The largest absolute Gasteiger partial charge is 0.325 e. The molecule has 0 unspecified atom stereocenters. The van der Waals surface area contributed by atoms with Gasteiger partial charge in [0.2, 0.25) is 5.91 Å². The molecule has 1 N–H and O–H groups in total. The van der Waals surface area contributed by atoms with Crippen LogP contribution in [0.4, 0.5) is 5.69 Å². The number of carbonyl (C=O) groups is 1. The van der Waals surface area contributed by atoms with Crippen molar-refractivity contribution < 1.29 is 4.79 Å². The van der Waals surface area contributed by atoms with Crippen molar-refractivity contribution in [2.24, 2.45) is 0 Å². The van der Waals surface area contributed by atoms with Crippen LogP contribution in [0.15, 0.2) is 24.3 Å². The van der Waals surface area contributed by atoms with Crippen LogP contribution in [0.3, 0.4) is 0 Å². The highest BCUT2D eigenvalue weighted by Crippen LogP contribution is 2.26. The molecule has 19 heavy (non-hydrogen) atoms. The first-order valence-corrected chi connectivity index (χ1v) is 6.77. The molecular formula is C15H19N3O. The van der Waals surface area contributed by atoms with Crippen LogP contribution in [0.25, 0.3) is 0 Å². The lowest BCUT2D eigenvalue weighted by Crippen LogP contribution is -2.29. The summed E-state index contributed by atoms with van der Waals surface area (Å²) in [6.07, 6.45) is 2.99. The van der Waals surface area contributed by atoms with Crippen LogP contribution >= 0.6 is 0 Å². The number of para-hydroxylation sites is 1. The Morgan fingerprint density at radius 3 is 2.84 bits per heavy atom. The first-order valence-electron chi connectivity index (χ1n) is 6.77. The standard InChI is InChI=1S/C15H19N3O/c1-2-18(13-7-8-13)10-9-15(19)17-14-6-4-3-5-12(14)11-16/h3-6,13H,2,7-10H2,1H3,(H,17,19). The van der Waals surface area contributed by atoms with Gasteiger partial charge in [-0.2, -0.15) is 5.26 Å². The van der Waals surface area contributed by atoms with Gasteiger partial charge in [-0.1, -0.05) is 19.1 Å². The molecule has 4 heteroatoms. The fourth-order valence-corrected chi connectivity index (χ4v) is 2.19. The third-order valence-electron chi connectivity index (χ3n) is 3.42. The molecule has 1 saturated carbocycles. The van der Waals surface area contributed by atoms with Gasteiger partial charge in [-0.15, -0.1) is 0 Å². The van der Waals surface area contributed by atoms with Crippen molar-refractivity contribution in [3.8, 4) is 6.07 Å². The number of nitrogens with one attached hydrogen (secondary N) is 1. The van der Waals surface area contributed by atoms with E-state index in [-0.39, 0.29) is 5.91 Å². The van der Waals surface area contributed by atoms with E-state index in [1.807, 2.05) is 6.07 Å². The molecule has 0 spiro atoms. The topological polar surface area (TPSA) is 56.1 Å². The highest BCUT2D eigenvalue weighted by atomic mass is 16.1. The van der Waals surface area contributed by atoms with Crippen molar-refractivity contribution in [1.29, 1.82) is 5.26 Å². The van der Waals surface area contributed by atoms with Crippen LogP contribution in [-0.2, 0) is 4.79 Å². The van der Waals surface area contributed by atoms with Gasteiger partial charge in [0, 0.05) is 19.0 Å². The highest BCUT2D eigenvalue weighted by molar-refractivity contribution is 5.92. The molecule has 1 aliphatic carbocycles. The molecule has 0 aliphatic heterocycles. The van der Waals surface area contributed by atoms with E-state index in [2.05, 4.69) is 23.2 Å². The highest BCUT2D eigenvalue weighted by Gasteiger charge is 2.27. The number of rotatable bonds is 6. The summed E-state index contributed by atoms with van der Waals surface area (Å²) in [6, 6.07) is 9.84. The zero-order valence-corrected chi connectivity index (χ0v) is 11.2. The third-order valence-corrected chi connectivity index (χ3v) is 3.42. The summed E-state index contributed by atoms with van der Waals surface area (Å²) < 4.78 is 0. The molecule has 100 valence electrons. The minimum atomic E-state index is -0.0261. The molecule has 0 saturated heterocycles. The van der Waals surface area contributed by atoms with Gasteiger partial charge in [-0.25, -0.2) is 0 Å². The number of benzene rings is 1. The molecule has 4 nitrogen and oxygen atoms in total. The molecule has 1 amide bonds. The number of carbonyl (C=O) groups excluding carboxylic acids is 1. The number of nitrogens with zero attached hydrogens (tertiary/aromatic N) is 2. The molecule has 0 aromatic heterocycles. The van der Waals surface area contributed by atoms with E-state index < -0.39 is 0 Å². The van der Waals surface area contributed by atoms with Gasteiger partial charge in [0.1, 0.15) is 6.07 Å². The van der Waals surface area contributed by atoms with Gasteiger partial charge >= 0.3 is 0 Å². The third kappa shape index (κ3) is 3.80. The second kappa shape index (κ2) is 6.35. The molecular weight excluding hydrogens is 238 g/mol. The Bertz CT molecular complexity index is 488. The van der Waals surface area contributed by atoms with E-state index in [0.29, 0.717) is 23.7 Å². The Hall–Kier alpha value is -1.86. The van der Waals surface area contributed by atoms with E-state index in [9.17, 15) is 4.79 Å². The zero-order valence-electron chi connectivity index (χ0n) is 11.2. The number of anilines is 1. The van der Waals surface area contributed by atoms with Gasteiger partial charge in [0.25, 0.3) is 0 Å². The number of hydrogen-bond acceptors (Lipinski definition) is 3. The number of nitriles is 1. The molecule has 0 heterocycles. The second-order valence-corrected chi connectivity index (χ2v) is 4.82. The van der Waals surface area contributed by atoms with Crippen molar-refractivity contribution in [3.63, 3.8) is 0 Å². The fourth-order valence-electron chi connectivity index (χ4n) is 2.19. The molecule has 0 bridgehead atoms. The molecule has 1 aliphatic rings. The normalized spacial score (nSPS) is 14.2. The van der Waals surface area contributed by atoms with Crippen molar-refractivity contribution in [1.82, 2.24) is 4.90 Å². The monoisotopic (exact) mass is 257 g/mol. The average molecular weight is 257 g/mol. The zero-order chi connectivity index (χ0) is 13.7. The number of hydrogen-bond donors (Lipinski definition) is 1.